The first-order valence-electron chi connectivity index (χ1n) is 9.88. The Morgan fingerprint density at radius 1 is 1.15 bits per heavy atom. The molecule has 0 aliphatic carbocycles. The van der Waals surface area contributed by atoms with Gasteiger partial charge in [0.05, 0.1) is 6.26 Å². The zero-order chi connectivity index (χ0) is 19.6. The number of nitrogens with zero attached hydrogens (tertiary/aromatic N) is 3. The Morgan fingerprint density at radius 3 is 2.52 bits per heavy atom. The van der Waals surface area contributed by atoms with Crippen molar-refractivity contribution in [1.82, 2.24) is 9.21 Å². The molecule has 2 aliphatic heterocycles. The summed E-state index contributed by atoms with van der Waals surface area (Å²) in [6.07, 6.45) is 4.75. The number of para-hydroxylation sites is 1. The van der Waals surface area contributed by atoms with Crippen LogP contribution in [0.1, 0.15) is 45.1 Å². The highest BCUT2D eigenvalue weighted by Crippen LogP contribution is 2.32. The molecule has 1 amide bonds. The smallest absolute Gasteiger partial charge is 0.223 e. The second-order valence-electron chi connectivity index (χ2n) is 7.80. The minimum atomic E-state index is -3.28. The standard InChI is InChI=1S/C20H31N3O3S/c1-4-12-21-14-17-7-5-6-8-20(17)22(16(2)24)13-11-18-9-10-19(15-21)23(18)27(3,25)26/h5-8,18-19H,4,9-15H2,1-3H3/t18-,19+/m1/s1. The van der Waals surface area contributed by atoms with Crippen molar-refractivity contribution in [2.24, 2.45) is 0 Å². The normalized spacial score (nSPS) is 25.1. The van der Waals surface area contributed by atoms with Crippen LogP contribution in [0.2, 0.25) is 0 Å². The minimum Gasteiger partial charge on any atom is -0.312 e. The van der Waals surface area contributed by atoms with Gasteiger partial charge in [0, 0.05) is 44.3 Å². The third-order valence-corrected chi connectivity index (χ3v) is 7.05. The molecule has 2 aliphatic rings. The van der Waals surface area contributed by atoms with Crippen LogP contribution in [-0.2, 0) is 21.4 Å². The molecule has 3 rings (SSSR count). The summed E-state index contributed by atoms with van der Waals surface area (Å²) in [6.45, 7) is 6.66. The SMILES string of the molecule is CCCN1Cc2ccccc2N(C(C)=O)CC[C@H]2CC[C@@H](C1)N2S(C)(=O)=O. The number of carbonyl (C=O) groups excluding carboxylic acids is 1. The van der Waals surface area contributed by atoms with Gasteiger partial charge in [-0.15, -0.1) is 0 Å². The van der Waals surface area contributed by atoms with Crippen molar-refractivity contribution in [1.29, 1.82) is 0 Å². The number of fused-ring (bicyclic) bond motifs is 3. The topological polar surface area (TPSA) is 60.9 Å². The lowest BCUT2D eigenvalue weighted by Crippen LogP contribution is -2.46. The van der Waals surface area contributed by atoms with E-state index in [1.165, 1.54) is 6.26 Å². The van der Waals surface area contributed by atoms with E-state index >= 15 is 0 Å². The first-order chi connectivity index (χ1) is 12.8. The molecule has 1 aromatic rings. The fraction of sp³-hybridized carbons (Fsp3) is 0.650. The van der Waals surface area contributed by atoms with Gasteiger partial charge in [-0.25, -0.2) is 8.42 Å². The van der Waals surface area contributed by atoms with Crippen LogP contribution in [0, 0.1) is 0 Å². The van der Waals surface area contributed by atoms with Crippen LogP contribution in [0.4, 0.5) is 5.69 Å². The van der Waals surface area contributed by atoms with Crippen LogP contribution in [0.25, 0.3) is 0 Å². The van der Waals surface area contributed by atoms with E-state index in [-0.39, 0.29) is 18.0 Å². The molecule has 1 saturated heterocycles. The molecule has 27 heavy (non-hydrogen) atoms. The van der Waals surface area contributed by atoms with Crippen molar-refractivity contribution >= 4 is 21.6 Å². The lowest BCUT2D eigenvalue weighted by molar-refractivity contribution is -0.116. The van der Waals surface area contributed by atoms with E-state index in [0.29, 0.717) is 13.0 Å². The van der Waals surface area contributed by atoms with Crippen LogP contribution in [0.15, 0.2) is 24.3 Å². The van der Waals surface area contributed by atoms with Crippen LogP contribution < -0.4 is 4.90 Å². The largest absolute Gasteiger partial charge is 0.312 e. The molecule has 7 heteroatoms. The first kappa shape index (κ1) is 20.3. The van der Waals surface area contributed by atoms with Gasteiger partial charge < -0.3 is 4.90 Å². The molecule has 0 radical (unpaired) electrons. The van der Waals surface area contributed by atoms with Crippen molar-refractivity contribution in [3.8, 4) is 0 Å². The third-order valence-electron chi connectivity index (χ3n) is 5.69. The number of anilines is 1. The second-order valence-corrected chi connectivity index (χ2v) is 9.69. The van der Waals surface area contributed by atoms with Crippen molar-refractivity contribution in [2.45, 2.75) is 58.2 Å². The van der Waals surface area contributed by atoms with Gasteiger partial charge in [-0.05, 0) is 43.9 Å². The molecule has 1 fully saturated rings. The number of hydrogen-bond acceptors (Lipinski definition) is 4. The van der Waals surface area contributed by atoms with Crippen molar-refractivity contribution in [3.05, 3.63) is 29.8 Å². The Hall–Kier alpha value is -1.44. The van der Waals surface area contributed by atoms with Crippen molar-refractivity contribution in [3.63, 3.8) is 0 Å². The van der Waals surface area contributed by atoms with E-state index in [2.05, 4.69) is 17.9 Å². The number of carbonyl (C=O) groups is 1. The Morgan fingerprint density at radius 2 is 1.85 bits per heavy atom. The zero-order valence-electron chi connectivity index (χ0n) is 16.6. The second kappa shape index (κ2) is 8.29. The van der Waals surface area contributed by atoms with Gasteiger partial charge in [-0.3, -0.25) is 9.69 Å². The van der Waals surface area contributed by atoms with E-state index in [1.807, 2.05) is 23.1 Å². The molecule has 2 bridgehead atoms. The predicted octanol–water partition coefficient (Wildman–Crippen LogP) is 2.45. The molecule has 6 nitrogen and oxygen atoms in total. The van der Waals surface area contributed by atoms with Gasteiger partial charge in [-0.2, -0.15) is 4.31 Å². The molecular weight excluding hydrogens is 362 g/mol. The fourth-order valence-corrected chi connectivity index (χ4v) is 6.11. The summed E-state index contributed by atoms with van der Waals surface area (Å²) in [5, 5.41) is 0. The Bertz CT molecular complexity index is 780. The first-order valence-corrected chi connectivity index (χ1v) is 11.7. The number of hydrogen-bond donors (Lipinski definition) is 0. The summed E-state index contributed by atoms with van der Waals surface area (Å²) < 4.78 is 26.8. The number of amides is 1. The third kappa shape index (κ3) is 4.52. The quantitative estimate of drug-likeness (QED) is 0.791. The van der Waals surface area contributed by atoms with Gasteiger partial charge >= 0.3 is 0 Å². The maximum Gasteiger partial charge on any atom is 0.223 e. The summed E-state index contributed by atoms with van der Waals surface area (Å²) in [6, 6.07) is 8.06. The van der Waals surface area contributed by atoms with Crippen LogP contribution in [-0.4, -0.2) is 61.5 Å². The summed E-state index contributed by atoms with van der Waals surface area (Å²) in [4.78, 5) is 16.5. The molecular formula is C20H31N3O3S. The zero-order valence-corrected chi connectivity index (χ0v) is 17.4. The molecule has 0 unspecified atom stereocenters. The molecule has 2 atom stereocenters. The van der Waals surface area contributed by atoms with Gasteiger partial charge in [0.15, 0.2) is 0 Å². The van der Waals surface area contributed by atoms with E-state index in [0.717, 1.165) is 50.1 Å². The van der Waals surface area contributed by atoms with Crippen LogP contribution in [0.5, 0.6) is 0 Å². The minimum absolute atomic E-state index is 0.00388. The maximum atomic E-state index is 12.5. The van der Waals surface area contributed by atoms with Crippen LogP contribution in [0.3, 0.4) is 0 Å². The van der Waals surface area contributed by atoms with Gasteiger partial charge in [0.25, 0.3) is 0 Å². The van der Waals surface area contributed by atoms with Crippen molar-refractivity contribution in [2.75, 3.05) is 30.8 Å². The fourth-order valence-electron chi connectivity index (χ4n) is 4.65. The monoisotopic (exact) mass is 393 g/mol. The Kier molecular flexibility index (Phi) is 6.23. The number of benzene rings is 1. The highest BCUT2D eigenvalue weighted by Gasteiger charge is 2.40. The number of rotatable bonds is 3. The molecule has 0 spiro atoms. The summed E-state index contributed by atoms with van der Waals surface area (Å²) in [5.41, 5.74) is 2.08. The highest BCUT2D eigenvalue weighted by molar-refractivity contribution is 7.88. The Balaban J connectivity index is 2.02. The molecule has 0 aromatic heterocycles. The van der Waals surface area contributed by atoms with Crippen molar-refractivity contribution < 1.29 is 13.2 Å². The maximum absolute atomic E-state index is 12.5. The van der Waals surface area contributed by atoms with E-state index in [1.54, 1.807) is 11.2 Å². The van der Waals surface area contributed by atoms with Gasteiger partial charge in [-0.1, -0.05) is 25.1 Å². The Labute approximate surface area is 163 Å². The van der Waals surface area contributed by atoms with E-state index in [4.69, 9.17) is 0 Å². The molecule has 0 N–H and O–H groups in total. The lowest BCUT2D eigenvalue weighted by Gasteiger charge is -2.31. The summed E-state index contributed by atoms with van der Waals surface area (Å²) in [7, 11) is -3.28. The van der Waals surface area contributed by atoms with E-state index in [9.17, 15) is 13.2 Å². The molecule has 150 valence electrons. The highest BCUT2D eigenvalue weighted by atomic mass is 32.2. The summed E-state index contributed by atoms with van der Waals surface area (Å²) in [5.74, 6) is 0.00388. The van der Waals surface area contributed by atoms with Crippen LogP contribution >= 0.6 is 0 Å². The lowest BCUT2D eigenvalue weighted by atomic mass is 10.1. The van der Waals surface area contributed by atoms with Gasteiger partial charge in [0.2, 0.25) is 15.9 Å². The molecule has 1 aromatic carbocycles. The average molecular weight is 394 g/mol. The summed E-state index contributed by atoms with van der Waals surface area (Å²) >= 11 is 0. The van der Waals surface area contributed by atoms with Gasteiger partial charge in [0.1, 0.15) is 0 Å². The van der Waals surface area contributed by atoms with E-state index < -0.39 is 10.0 Å². The molecule has 0 saturated carbocycles. The molecule has 2 heterocycles. The predicted molar refractivity (Wildman–Crippen MR) is 108 cm³/mol. The number of sulfonamides is 1. The average Bonchev–Trinajstić information content (AvgIpc) is 2.97.